The van der Waals surface area contributed by atoms with Gasteiger partial charge in [0.1, 0.15) is 5.82 Å². The van der Waals surface area contributed by atoms with Gasteiger partial charge in [-0.1, -0.05) is 36.1 Å². The molecule has 0 saturated carbocycles. The minimum Gasteiger partial charge on any atom is -0.367 e. The van der Waals surface area contributed by atoms with Gasteiger partial charge < -0.3 is 10.6 Å². The van der Waals surface area contributed by atoms with E-state index >= 15 is 0 Å². The van der Waals surface area contributed by atoms with Crippen LogP contribution in [0.25, 0.3) is 0 Å². The molecule has 2 N–H and O–H groups in total. The average molecular weight is 282 g/mol. The maximum Gasteiger partial charge on any atom is 0.125 e. The molecule has 0 amide bonds. The zero-order valence-corrected chi connectivity index (χ0v) is 12.1. The van der Waals surface area contributed by atoms with Crippen LogP contribution in [0.5, 0.6) is 0 Å². The summed E-state index contributed by atoms with van der Waals surface area (Å²) in [5, 5.41) is 0. The van der Waals surface area contributed by atoms with E-state index in [1.165, 1.54) is 6.07 Å². The summed E-state index contributed by atoms with van der Waals surface area (Å²) in [7, 11) is 0. The Morgan fingerprint density at radius 2 is 1.95 bits per heavy atom. The number of benzene rings is 2. The third-order valence-electron chi connectivity index (χ3n) is 3.26. The molecule has 0 unspecified atom stereocenters. The van der Waals surface area contributed by atoms with Crippen LogP contribution in [0, 0.1) is 17.7 Å². The molecule has 0 fully saturated rings. The summed E-state index contributed by atoms with van der Waals surface area (Å²) in [6.07, 6.45) is 0. The van der Waals surface area contributed by atoms with Crippen molar-refractivity contribution in [2.45, 2.75) is 13.5 Å². The van der Waals surface area contributed by atoms with Gasteiger partial charge in [0, 0.05) is 24.3 Å². The maximum absolute atomic E-state index is 13.4. The standard InChI is InChI=1S/C18H19FN2/c1-2-21(18-11-5-10-17(19)13-18)14-16-8-4-3-7-15(16)9-6-12-20/h3-5,7-8,10-11,13H,2,12,14,20H2,1H3. The van der Waals surface area contributed by atoms with Crippen LogP contribution in [0.2, 0.25) is 0 Å². The van der Waals surface area contributed by atoms with E-state index < -0.39 is 0 Å². The Kier molecular flexibility index (Phi) is 5.36. The predicted octanol–water partition coefficient (Wildman–Crippen LogP) is 3.16. The fourth-order valence-electron chi connectivity index (χ4n) is 2.19. The molecule has 2 aromatic rings. The summed E-state index contributed by atoms with van der Waals surface area (Å²) in [5.41, 5.74) is 8.40. The fraction of sp³-hybridized carbons (Fsp3) is 0.222. The van der Waals surface area contributed by atoms with E-state index in [1.54, 1.807) is 12.1 Å². The Morgan fingerprint density at radius 1 is 1.14 bits per heavy atom. The van der Waals surface area contributed by atoms with Gasteiger partial charge in [-0.3, -0.25) is 0 Å². The van der Waals surface area contributed by atoms with Gasteiger partial charge in [-0.25, -0.2) is 4.39 Å². The minimum absolute atomic E-state index is 0.220. The molecular weight excluding hydrogens is 263 g/mol. The molecule has 0 heterocycles. The van der Waals surface area contributed by atoms with Crippen molar-refractivity contribution in [3.63, 3.8) is 0 Å². The quantitative estimate of drug-likeness (QED) is 0.873. The Hall–Kier alpha value is -2.31. The summed E-state index contributed by atoms with van der Waals surface area (Å²) in [6.45, 7) is 3.88. The molecule has 2 aromatic carbocycles. The molecule has 0 spiro atoms. The van der Waals surface area contributed by atoms with E-state index in [4.69, 9.17) is 5.73 Å². The van der Waals surface area contributed by atoms with Gasteiger partial charge in [-0.15, -0.1) is 0 Å². The molecule has 0 saturated heterocycles. The SMILES string of the molecule is CCN(Cc1ccccc1C#CCN)c1cccc(F)c1. The van der Waals surface area contributed by atoms with Crippen LogP contribution in [0.15, 0.2) is 48.5 Å². The van der Waals surface area contributed by atoms with Crippen molar-refractivity contribution in [3.05, 3.63) is 65.5 Å². The van der Waals surface area contributed by atoms with Crippen molar-refractivity contribution in [3.8, 4) is 11.8 Å². The topological polar surface area (TPSA) is 29.3 Å². The van der Waals surface area contributed by atoms with Crippen LogP contribution in [-0.2, 0) is 6.54 Å². The molecule has 0 aliphatic rings. The lowest BCUT2D eigenvalue weighted by molar-refractivity contribution is 0.626. The van der Waals surface area contributed by atoms with Crippen molar-refractivity contribution in [1.82, 2.24) is 0 Å². The van der Waals surface area contributed by atoms with E-state index in [9.17, 15) is 4.39 Å². The van der Waals surface area contributed by atoms with E-state index in [1.807, 2.05) is 30.3 Å². The second kappa shape index (κ2) is 7.47. The highest BCUT2D eigenvalue weighted by atomic mass is 19.1. The van der Waals surface area contributed by atoms with Crippen LogP contribution in [0.1, 0.15) is 18.1 Å². The third kappa shape index (κ3) is 4.08. The van der Waals surface area contributed by atoms with E-state index in [0.29, 0.717) is 13.1 Å². The van der Waals surface area contributed by atoms with E-state index in [0.717, 1.165) is 23.4 Å². The number of rotatable bonds is 4. The molecule has 2 nitrogen and oxygen atoms in total. The van der Waals surface area contributed by atoms with Gasteiger partial charge in [0.05, 0.1) is 6.54 Å². The molecule has 2 rings (SSSR count). The first-order valence-electron chi connectivity index (χ1n) is 7.02. The minimum atomic E-state index is -0.220. The Labute approximate surface area is 125 Å². The van der Waals surface area contributed by atoms with Crippen LogP contribution in [0.4, 0.5) is 10.1 Å². The fourth-order valence-corrected chi connectivity index (χ4v) is 2.19. The van der Waals surface area contributed by atoms with Crippen molar-refractivity contribution < 1.29 is 4.39 Å². The van der Waals surface area contributed by atoms with Crippen molar-refractivity contribution in [1.29, 1.82) is 0 Å². The van der Waals surface area contributed by atoms with Crippen molar-refractivity contribution in [2.75, 3.05) is 18.0 Å². The van der Waals surface area contributed by atoms with Gasteiger partial charge in [0.2, 0.25) is 0 Å². The lowest BCUT2D eigenvalue weighted by Crippen LogP contribution is -2.22. The summed E-state index contributed by atoms with van der Waals surface area (Å²) >= 11 is 0. The number of nitrogens with zero attached hydrogens (tertiary/aromatic N) is 1. The van der Waals surface area contributed by atoms with Gasteiger partial charge in [-0.2, -0.15) is 0 Å². The van der Waals surface area contributed by atoms with Crippen LogP contribution in [-0.4, -0.2) is 13.1 Å². The van der Waals surface area contributed by atoms with Gasteiger partial charge >= 0.3 is 0 Å². The predicted molar refractivity (Wildman–Crippen MR) is 85.5 cm³/mol. The smallest absolute Gasteiger partial charge is 0.125 e. The second-order valence-electron chi connectivity index (χ2n) is 4.66. The van der Waals surface area contributed by atoms with Crippen LogP contribution < -0.4 is 10.6 Å². The lowest BCUT2D eigenvalue weighted by atomic mass is 10.1. The van der Waals surface area contributed by atoms with E-state index in [2.05, 4.69) is 23.7 Å². The monoisotopic (exact) mass is 282 g/mol. The number of nitrogens with two attached hydrogens (primary N) is 1. The molecule has 0 atom stereocenters. The number of hydrogen-bond donors (Lipinski definition) is 1. The van der Waals surface area contributed by atoms with Gasteiger partial charge in [-0.05, 0) is 36.8 Å². The molecule has 0 aliphatic carbocycles. The molecule has 0 bridgehead atoms. The normalized spacial score (nSPS) is 9.86. The van der Waals surface area contributed by atoms with E-state index in [-0.39, 0.29) is 5.82 Å². The molecule has 108 valence electrons. The average Bonchev–Trinajstić information content (AvgIpc) is 2.51. The first-order chi connectivity index (χ1) is 10.2. The molecule has 0 radical (unpaired) electrons. The maximum atomic E-state index is 13.4. The van der Waals surface area contributed by atoms with Crippen LogP contribution in [0.3, 0.4) is 0 Å². The Balaban J connectivity index is 2.27. The van der Waals surface area contributed by atoms with Crippen molar-refractivity contribution >= 4 is 5.69 Å². The van der Waals surface area contributed by atoms with Crippen molar-refractivity contribution in [2.24, 2.45) is 5.73 Å². The third-order valence-corrected chi connectivity index (χ3v) is 3.26. The zero-order chi connectivity index (χ0) is 15.1. The second-order valence-corrected chi connectivity index (χ2v) is 4.66. The summed E-state index contributed by atoms with van der Waals surface area (Å²) < 4.78 is 13.4. The van der Waals surface area contributed by atoms with Crippen LogP contribution >= 0.6 is 0 Å². The summed E-state index contributed by atoms with van der Waals surface area (Å²) in [4.78, 5) is 2.12. The number of anilines is 1. The summed E-state index contributed by atoms with van der Waals surface area (Å²) in [5.74, 6) is 5.75. The highest BCUT2D eigenvalue weighted by Crippen LogP contribution is 2.19. The highest BCUT2D eigenvalue weighted by molar-refractivity contribution is 5.49. The zero-order valence-electron chi connectivity index (χ0n) is 12.1. The molecular formula is C18H19FN2. The molecule has 21 heavy (non-hydrogen) atoms. The highest BCUT2D eigenvalue weighted by Gasteiger charge is 2.08. The Bertz CT molecular complexity index is 656. The first kappa shape index (κ1) is 15.1. The van der Waals surface area contributed by atoms with Gasteiger partial charge in [0.15, 0.2) is 0 Å². The first-order valence-corrected chi connectivity index (χ1v) is 7.02. The summed E-state index contributed by atoms with van der Waals surface area (Å²) in [6, 6.07) is 14.6. The molecule has 0 aromatic heterocycles. The number of halogens is 1. The van der Waals surface area contributed by atoms with Gasteiger partial charge in [0.25, 0.3) is 0 Å². The Morgan fingerprint density at radius 3 is 2.67 bits per heavy atom. The lowest BCUT2D eigenvalue weighted by Gasteiger charge is -2.24. The molecule has 3 heteroatoms. The largest absolute Gasteiger partial charge is 0.367 e. The molecule has 0 aliphatic heterocycles. The number of hydrogen-bond acceptors (Lipinski definition) is 2.